The number of ether oxygens (including phenoxy) is 2. The second-order valence-corrected chi connectivity index (χ2v) is 9.31. The normalized spacial score (nSPS) is 18.4. The van der Waals surface area contributed by atoms with Crippen LogP contribution in [0.3, 0.4) is 0 Å². The monoisotopic (exact) mass is 453 g/mol. The van der Waals surface area contributed by atoms with Crippen molar-refractivity contribution in [1.82, 2.24) is 14.9 Å². The number of hydrogen-bond acceptors (Lipinski definition) is 5. The smallest absolute Gasteiger partial charge is 0.240 e. The number of imidazole rings is 1. The zero-order valence-electron chi connectivity index (χ0n) is 18.8. The van der Waals surface area contributed by atoms with Crippen LogP contribution in [0, 0.1) is 5.92 Å². The highest BCUT2D eigenvalue weighted by Crippen LogP contribution is 2.28. The maximum atomic E-state index is 12.9. The van der Waals surface area contributed by atoms with Gasteiger partial charge < -0.3 is 19.4 Å². The molecule has 1 amide bonds. The quantitative estimate of drug-likeness (QED) is 0.368. The Hall–Kier alpha value is -2.67. The van der Waals surface area contributed by atoms with E-state index in [9.17, 15) is 4.79 Å². The van der Waals surface area contributed by atoms with Crippen LogP contribution >= 0.6 is 11.8 Å². The van der Waals surface area contributed by atoms with E-state index in [2.05, 4.69) is 12.2 Å². The fourth-order valence-electron chi connectivity index (χ4n) is 4.27. The number of fused-ring (bicyclic) bond motifs is 1. The van der Waals surface area contributed by atoms with Crippen molar-refractivity contribution in [3.63, 3.8) is 0 Å². The summed E-state index contributed by atoms with van der Waals surface area (Å²) in [5.74, 6) is 2.75. The summed E-state index contributed by atoms with van der Waals surface area (Å²) in [6.07, 6.45) is 4.71. The van der Waals surface area contributed by atoms with Gasteiger partial charge in [-0.2, -0.15) is 0 Å². The fourth-order valence-corrected chi connectivity index (χ4v) is 5.10. The molecule has 0 spiro atoms. The van der Waals surface area contributed by atoms with Crippen molar-refractivity contribution in [2.24, 2.45) is 5.92 Å². The highest BCUT2D eigenvalue weighted by Gasteiger charge is 2.23. The predicted octanol–water partition coefficient (Wildman–Crippen LogP) is 4.91. The average Bonchev–Trinajstić information content (AvgIpc) is 3.15. The zero-order valence-corrected chi connectivity index (χ0v) is 19.6. The molecule has 0 saturated heterocycles. The van der Waals surface area contributed by atoms with Crippen molar-refractivity contribution in [2.75, 3.05) is 19.5 Å². The summed E-state index contributed by atoms with van der Waals surface area (Å²) in [6, 6.07) is 15.9. The molecule has 0 bridgehead atoms. The topological polar surface area (TPSA) is 65.4 Å². The minimum atomic E-state index is 0.0547. The number of carbonyl (C=O) groups is 1. The minimum Gasteiger partial charge on any atom is -0.493 e. The van der Waals surface area contributed by atoms with Crippen LogP contribution in [0.25, 0.3) is 11.0 Å². The van der Waals surface area contributed by atoms with E-state index in [4.69, 9.17) is 14.5 Å². The summed E-state index contributed by atoms with van der Waals surface area (Å²) in [4.78, 5) is 17.7. The third-order valence-corrected chi connectivity index (χ3v) is 6.96. The van der Waals surface area contributed by atoms with Crippen molar-refractivity contribution in [2.45, 2.75) is 50.4 Å². The second-order valence-electron chi connectivity index (χ2n) is 8.25. The maximum absolute atomic E-state index is 12.9. The first-order valence-corrected chi connectivity index (χ1v) is 12.3. The molecule has 7 heteroatoms. The number of carbonyl (C=O) groups excluding carboxylic acids is 1. The number of hydrogen-bond donors (Lipinski definition) is 1. The molecule has 4 rings (SSSR count). The van der Waals surface area contributed by atoms with Crippen molar-refractivity contribution < 1.29 is 14.3 Å². The lowest BCUT2D eigenvalue weighted by Gasteiger charge is -2.29. The number of aromatic nitrogens is 2. The fraction of sp³-hybridized carbons (Fsp3) is 0.440. The van der Waals surface area contributed by atoms with Crippen LogP contribution < -0.4 is 14.8 Å². The van der Waals surface area contributed by atoms with Crippen LogP contribution in [0.4, 0.5) is 0 Å². The lowest BCUT2D eigenvalue weighted by atomic mass is 9.86. The van der Waals surface area contributed by atoms with Gasteiger partial charge in [-0.25, -0.2) is 4.98 Å². The van der Waals surface area contributed by atoms with E-state index in [1.54, 1.807) is 18.9 Å². The Morgan fingerprint density at radius 1 is 1.12 bits per heavy atom. The molecule has 2 aromatic carbocycles. The lowest BCUT2D eigenvalue weighted by Crippen LogP contribution is -2.42. The Bertz CT molecular complexity index is 1050. The van der Waals surface area contributed by atoms with Crippen LogP contribution in [-0.2, 0) is 11.3 Å². The molecule has 3 aromatic rings. The summed E-state index contributed by atoms with van der Waals surface area (Å²) in [5, 5.41) is 4.10. The molecular formula is C25H31N3O3S. The van der Waals surface area contributed by atoms with Crippen LogP contribution in [0.5, 0.6) is 11.5 Å². The molecule has 1 fully saturated rings. The number of nitrogens with one attached hydrogen (secondary N) is 1. The maximum Gasteiger partial charge on any atom is 0.240 e. The SMILES string of the molecule is COc1ccccc1OCCSc1nc2ccccc2n1CC(=O)N[C@H]1CCCC[C@@H]1C. The molecule has 1 saturated carbocycles. The third-order valence-electron chi connectivity index (χ3n) is 6.02. The van der Waals surface area contributed by atoms with Gasteiger partial charge in [0.15, 0.2) is 16.7 Å². The molecular weight excluding hydrogens is 422 g/mol. The Labute approximate surface area is 193 Å². The van der Waals surface area contributed by atoms with E-state index in [1.807, 2.05) is 53.1 Å². The third kappa shape index (κ3) is 5.38. The summed E-state index contributed by atoms with van der Waals surface area (Å²) in [7, 11) is 1.64. The highest BCUT2D eigenvalue weighted by atomic mass is 32.2. The molecule has 0 radical (unpaired) electrons. The van der Waals surface area contributed by atoms with Crippen molar-refractivity contribution >= 4 is 28.7 Å². The molecule has 6 nitrogen and oxygen atoms in total. The number of nitrogens with zero attached hydrogens (tertiary/aromatic N) is 2. The van der Waals surface area contributed by atoms with Crippen LogP contribution in [0.1, 0.15) is 32.6 Å². The van der Waals surface area contributed by atoms with Gasteiger partial charge in [0, 0.05) is 11.8 Å². The number of methoxy groups -OCH3 is 1. The number of benzene rings is 2. The Morgan fingerprint density at radius 3 is 2.69 bits per heavy atom. The van der Waals surface area contributed by atoms with Gasteiger partial charge in [0.1, 0.15) is 6.54 Å². The first kappa shape index (κ1) is 22.5. The number of amides is 1. The molecule has 0 aliphatic heterocycles. The minimum absolute atomic E-state index is 0.0547. The largest absolute Gasteiger partial charge is 0.493 e. The van der Waals surface area contributed by atoms with Gasteiger partial charge in [-0.05, 0) is 43.0 Å². The highest BCUT2D eigenvalue weighted by molar-refractivity contribution is 7.99. The zero-order chi connectivity index (χ0) is 22.3. The van der Waals surface area contributed by atoms with Gasteiger partial charge in [-0.15, -0.1) is 0 Å². The van der Waals surface area contributed by atoms with Gasteiger partial charge >= 0.3 is 0 Å². The van der Waals surface area contributed by atoms with E-state index in [0.29, 0.717) is 18.3 Å². The number of rotatable bonds is 9. The predicted molar refractivity (Wildman–Crippen MR) is 129 cm³/mol. The molecule has 0 unspecified atom stereocenters. The Balaban J connectivity index is 1.41. The first-order valence-electron chi connectivity index (χ1n) is 11.3. The van der Waals surface area contributed by atoms with Gasteiger partial charge in [0.25, 0.3) is 0 Å². The molecule has 1 N–H and O–H groups in total. The molecule has 1 heterocycles. The Kier molecular flexibility index (Phi) is 7.58. The molecule has 1 aromatic heterocycles. The number of thioether (sulfide) groups is 1. The molecule has 1 aliphatic carbocycles. The first-order chi connectivity index (χ1) is 15.7. The van der Waals surface area contributed by atoms with E-state index in [1.165, 1.54) is 19.3 Å². The summed E-state index contributed by atoms with van der Waals surface area (Å²) < 4.78 is 13.3. The number of para-hydroxylation sites is 4. The van der Waals surface area contributed by atoms with Crippen LogP contribution in [-0.4, -0.2) is 41.0 Å². The average molecular weight is 454 g/mol. The van der Waals surface area contributed by atoms with Crippen molar-refractivity contribution in [3.05, 3.63) is 48.5 Å². The summed E-state index contributed by atoms with van der Waals surface area (Å²) in [6.45, 7) is 3.03. The van der Waals surface area contributed by atoms with Crippen LogP contribution in [0.2, 0.25) is 0 Å². The van der Waals surface area contributed by atoms with E-state index >= 15 is 0 Å². The lowest BCUT2D eigenvalue weighted by molar-refractivity contribution is -0.123. The second kappa shape index (κ2) is 10.8. The van der Waals surface area contributed by atoms with E-state index < -0.39 is 0 Å². The van der Waals surface area contributed by atoms with Crippen LogP contribution in [0.15, 0.2) is 53.7 Å². The van der Waals surface area contributed by atoms with Gasteiger partial charge in [0.05, 0.1) is 24.8 Å². The van der Waals surface area contributed by atoms with Crippen molar-refractivity contribution in [3.8, 4) is 11.5 Å². The van der Waals surface area contributed by atoms with Gasteiger partial charge in [-0.3, -0.25) is 4.79 Å². The summed E-state index contributed by atoms with van der Waals surface area (Å²) in [5.41, 5.74) is 1.88. The van der Waals surface area contributed by atoms with Gasteiger partial charge in [0.2, 0.25) is 5.91 Å². The van der Waals surface area contributed by atoms with E-state index in [-0.39, 0.29) is 18.5 Å². The molecule has 170 valence electrons. The van der Waals surface area contributed by atoms with Gasteiger partial charge in [-0.1, -0.05) is 55.8 Å². The molecule has 32 heavy (non-hydrogen) atoms. The molecule has 1 aliphatic rings. The van der Waals surface area contributed by atoms with E-state index in [0.717, 1.165) is 34.1 Å². The molecule has 2 atom stereocenters. The van der Waals surface area contributed by atoms with Crippen molar-refractivity contribution in [1.29, 1.82) is 0 Å². The standard InChI is InChI=1S/C25H31N3O3S/c1-18-9-3-4-10-19(18)26-24(29)17-28-21-12-6-5-11-20(21)27-25(28)32-16-15-31-23-14-8-7-13-22(23)30-2/h5-8,11-14,18-19H,3-4,9-10,15-17H2,1-2H3,(H,26,29)/t18-,19-/m0/s1. The Morgan fingerprint density at radius 2 is 1.88 bits per heavy atom. The summed E-state index contributed by atoms with van der Waals surface area (Å²) >= 11 is 1.60.